The Bertz CT molecular complexity index is 600. The van der Waals surface area contributed by atoms with E-state index in [0.29, 0.717) is 17.9 Å². The van der Waals surface area contributed by atoms with Crippen LogP contribution in [0.2, 0.25) is 0 Å². The van der Waals surface area contributed by atoms with Crippen molar-refractivity contribution in [2.75, 3.05) is 19.8 Å². The summed E-state index contributed by atoms with van der Waals surface area (Å²) in [5.74, 6) is -1.77. The molecular weight excluding hydrogens is 318 g/mol. The third kappa shape index (κ3) is 7.25. The van der Waals surface area contributed by atoms with Crippen molar-refractivity contribution in [3.63, 3.8) is 0 Å². The number of carbonyl (C=O) groups is 4. The Morgan fingerprint density at radius 2 is 1.71 bits per heavy atom. The van der Waals surface area contributed by atoms with Crippen LogP contribution in [-0.4, -0.2) is 43.4 Å². The van der Waals surface area contributed by atoms with Gasteiger partial charge >= 0.3 is 5.97 Å². The molecule has 0 heterocycles. The fourth-order valence-corrected chi connectivity index (χ4v) is 1.51. The molecule has 0 saturated heterocycles. The van der Waals surface area contributed by atoms with Gasteiger partial charge in [-0.15, -0.1) is 0 Å². The zero-order valence-corrected chi connectivity index (χ0v) is 13.4. The number of ether oxygens (including phenoxy) is 2. The zero-order chi connectivity index (χ0) is 17.9. The molecule has 1 rings (SSSR count). The van der Waals surface area contributed by atoms with Crippen molar-refractivity contribution in [3.8, 4) is 5.75 Å². The van der Waals surface area contributed by atoms with Gasteiger partial charge < -0.3 is 14.8 Å². The van der Waals surface area contributed by atoms with E-state index >= 15 is 0 Å². The Morgan fingerprint density at radius 3 is 2.29 bits per heavy atom. The number of esters is 1. The molecule has 0 fully saturated rings. The molecule has 3 N–H and O–H groups in total. The summed E-state index contributed by atoms with van der Waals surface area (Å²) in [5, 5.41) is 2.37. The van der Waals surface area contributed by atoms with Crippen molar-refractivity contribution in [1.29, 1.82) is 0 Å². The van der Waals surface area contributed by atoms with Crippen molar-refractivity contribution >= 4 is 23.7 Å². The molecule has 0 atom stereocenters. The summed E-state index contributed by atoms with van der Waals surface area (Å²) in [5.41, 5.74) is 4.43. The largest absolute Gasteiger partial charge is 0.494 e. The summed E-state index contributed by atoms with van der Waals surface area (Å²) < 4.78 is 9.89. The number of hydrogen-bond acceptors (Lipinski definition) is 6. The quantitative estimate of drug-likeness (QED) is 0.456. The lowest BCUT2D eigenvalue weighted by molar-refractivity contribution is -0.148. The molecule has 0 aromatic heterocycles. The first kappa shape index (κ1) is 18.9. The van der Waals surface area contributed by atoms with Crippen LogP contribution in [0.5, 0.6) is 5.75 Å². The maximum Gasteiger partial charge on any atom is 0.325 e. The molecule has 0 aliphatic rings. The van der Waals surface area contributed by atoms with Crippen molar-refractivity contribution in [3.05, 3.63) is 29.8 Å². The van der Waals surface area contributed by atoms with Crippen LogP contribution in [0.4, 0.5) is 0 Å². The number of carbonyl (C=O) groups excluding carboxylic acids is 4. The van der Waals surface area contributed by atoms with Crippen LogP contribution in [0, 0.1) is 0 Å². The average molecular weight is 337 g/mol. The van der Waals surface area contributed by atoms with Gasteiger partial charge in [-0.25, -0.2) is 0 Å². The maximum atomic E-state index is 11.8. The molecule has 9 heteroatoms. The molecule has 0 spiro atoms. The Hall–Kier alpha value is -3.10. The second-order valence-electron chi connectivity index (χ2n) is 4.53. The second kappa shape index (κ2) is 9.82. The minimum atomic E-state index is -0.785. The van der Waals surface area contributed by atoms with Crippen LogP contribution in [0.15, 0.2) is 24.3 Å². The average Bonchev–Trinajstić information content (AvgIpc) is 2.56. The van der Waals surface area contributed by atoms with Gasteiger partial charge in [0.1, 0.15) is 12.3 Å². The molecule has 1 aromatic rings. The molecule has 1 aromatic carbocycles. The Balaban J connectivity index is 2.31. The number of amides is 3. The highest BCUT2D eigenvalue weighted by Gasteiger charge is 2.11. The first-order chi connectivity index (χ1) is 11.4. The summed E-state index contributed by atoms with van der Waals surface area (Å²) >= 11 is 0. The van der Waals surface area contributed by atoms with E-state index in [2.05, 4.69) is 10.1 Å². The molecule has 0 saturated carbocycles. The van der Waals surface area contributed by atoms with Gasteiger partial charge in [0.05, 0.1) is 6.61 Å². The summed E-state index contributed by atoms with van der Waals surface area (Å²) in [6.07, 6.45) is 0. The molecule has 0 aliphatic carbocycles. The van der Waals surface area contributed by atoms with Crippen molar-refractivity contribution in [2.45, 2.75) is 13.8 Å². The van der Waals surface area contributed by atoms with Gasteiger partial charge in [-0.2, -0.15) is 0 Å². The lowest BCUT2D eigenvalue weighted by atomic mass is 10.2. The van der Waals surface area contributed by atoms with Crippen LogP contribution < -0.4 is 20.9 Å². The van der Waals surface area contributed by atoms with Crippen LogP contribution >= 0.6 is 0 Å². The zero-order valence-electron chi connectivity index (χ0n) is 13.4. The van der Waals surface area contributed by atoms with Gasteiger partial charge in [-0.3, -0.25) is 30.0 Å². The van der Waals surface area contributed by atoms with E-state index in [1.165, 1.54) is 6.92 Å². The number of hydrogen-bond donors (Lipinski definition) is 3. The summed E-state index contributed by atoms with van der Waals surface area (Å²) in [7, 11) is 0. The first-order valence-electron chi connectivity index (χ1n) is 7.14. The third-order valence-electron chi connectivity index (χ3n) is 2.56. The lowest BCUT2D eigenvalue weighted by Gasteiger charge is -2.08. The molecule has 24 heavy (non-hydrogen) atoms. The number of hydrazine groups is 1. The van der Waals surface area contributed by atoms with Gasteiger partial charge in [0.2, 0.25) is 5.91 Å². The predicted molar refractivity (Wildman–Crippen MR) is 82.9 cm³/mol. The molecule has 130 valence electrons. The highest BCUT2D eigenvalue weighted by molar-refractivity contribution is 5.96. The summed E-state index contributed by atoms with van der Waals surface area (Å²) in [6, 6.07) is 6.41. The highest BCUT2D eigenvalue weighted by atomic mass is 16.5. The number of nitrogens with one attached hydrogen (secondary N) is 3. The van der Waals surface area contributed by atoms with E-state index in [-0.39, 0.29) is 6.54 Å². The fraction of sp³-hybridized carbons (Fsp3) is 0.333. The van der Waals surface area contributed by atoms with Crippen LogP contribution in [-0.2, 0) is 19.1 Å². The molecule has 9 nitrogen and oxygen atoms in total. The standard InChI is InChI=1S/C15H19N3O6/c1-3-23-12-6-4-11(5-7-12)15(22)16-8-14(21)24-9-13(20)18-17-10(2)19/h4-7H,3,8-9H2,1-2H3,(H,16,22)(H,17,19)(H,18,20). The molecule has 0 unspecified atom stereocenters. The fourth-order valence-electron chi connectivity index (χ4n) is 1.51. The number of benzene rings is 1. The second-order valence-corrected chi connectivity index (χ2v) is 4.53. The number of rotatable bonds is 7. The SMILES string of the molecule is CCOc1ccc(C(=O)NCC(=O)OCC(=O)NNC(C)=O)cc1. The van der Waals surface area contributed by atoms with Crippen molar-refractivity contribution in [1.82, 2.24) is 16.2 Å². The highest BCUT2D eigenvalue weighted by Crippen LogP contribution is 2.11. The molecule has 0 aliphatic heterocycles. The molecule has 0 radical (unpaired) electrons. The van der Waals surface area contributed by atoms with Crippen molar-refractivity contribution < 1.29 is 28.7 Å². The summed E-state index contributed by atoms with van der Waals surface area (Å²) in [6.45, 7) is 2.62. The summed E-state index contributed by atoms with van der Waals surface area (Å²) in [4.78, 5) is 45.0. The monoisotopic (exact) mass is 337 g/mol. The van der Waals surface area contributed by atoms with E-state index in [1.54, 1.807) is 24.3 Å². The Labute approximate surface area is 138 Å². The molecule has 0 bridgehead atoms. The van der Waals surface area contributed by atoms with E-state index in [4.69, 9.17) is 4.74 Å². The lowest BCUT2D eigenvalue weighted by Crippen LogP contribution is -2.43. The van der Waals surface area contributed by atoms with E-state index < -0.39 is 30.3 Å². The van der Waals surface area contributed by atoms with E-state index in [0.717, 1.165) is 0 Å². The maximum absolute atomic E-state index is 11.8. The van der Waals surface area contributed by atoms with Crippen LogP contribution in [0.25, 0.3) is 0 Å². The van der Waals surface area contributed by atoms with Gasteiger partial charge in [0.25, 0.3) is 11.8 Å². The van der Waals surface area contributed by atoms with E-state index in [1.807, 2.05) is 17.8 Å². The minimum absolute atomic E-state index is 0.356. The Kier molecular flexibility index (Phi) is 7.76. The molecular formula is C15H19N3O6. The first-order valence-corrected chi connectivity index (χ1v) is 7.14. The van der Waals surface area contributed by atoms with Gasteiger partial charge in [-0.05, 0) is 31.2 Å². The smallest absolute Gasteiger partial charge is 0.325 e. The van der Waals surface area contributed by atoms with Crippen LogP contribution in [0.1, 0.15) is 24.2 Å². The topological polar surface area (TPSA) is 123 Å². The van der Waals surface area contributed by atoms with Gasteiger partial charge in [0.15, 0.2) is 6.61 Å². The van der Waals surface area contributed by atoms with Gasteiger partial charge in [-0.1, -0.05) is 0 Å². The van der Waals surface area contributed by atoms with E-state index in [9.17, 15) is 19.2 Å². The minimum Gasteiger partial charge on any atom is -0.494 e. The molecule has 3 amide bonds. The van der Waals surface area contributed by atoms with Crippen LogP contribution in [0.3, 0.4) is 0 Å². The predicted octanol–water partition coefficient (Wildman–Crippen LogP) is -0.474. The Morgan fingerprint density at radius 1 is 1.04 bits per heavy atom. The normalized spacial score (nSPS) is 9.58. The van der Waals surface area contributed by atoms with Crippen molar-refractivity contribution in [2.24, 2.45) is 0 Å². The van der Waals surface area contributed by atoms with Gasteiger partial charge in [0, 0.05) is 12.5 Å². The third-order valence-corrected chi connectivity index (χ3v) is 2.56.